The zero-order valence-corrected chi connectivity index (χ0v) is 10.5. The molecule has 0 fully saturated rings. The molecule has 0 aliphatic heterocycles. The molecule has 2 heteroatoms. The van der Waals surface area contributed by atoms with E-state index in [4.69, 9.17) is 0 Å². The van der Waals surface area contributed by atoms with Gasteiger partial charge < -0.3 is 0 Å². The van der Waals surface area contributed by atoms with Gasteiger partial charge in [-0.1, -0.05) is 42.5 Å². The van der Waals surface area contributed by atoms with Gasteiger partial charge in [0.05, 0.1) is 0 Å². The van der Waals surface area contributed by atoms with Crippen molar-refractivity contribution < 1.29 is 4.79 Å². The number of nitrogens with zero attached hydrogens (tertiary/aromatic N) is 1. The van der Waals surface area contributed by atoms with Crippen LogP contribution in [0.3, 0.4) is 0 Å². The van der Waals surface area contributed by atoms with Gasteiger partial charge in [-0.15, -0.1) is 0 Å². The van der Waals surface area contributed by atoms with E-state index in [1.165, 1.54) is 28.3 Å². The minimum Gasteiger partial charge on any atom is -0.268 e. The highest BCUT2D eigenvalue weighted by Crippen LogP contribution is 2.38. The second kappa shape index (κ2) is 4.65. The van der Waals surface area contributed by atoms with Gasteiger partial charge in [-0.3, -0.25) is 4.79 Å². The molecule has 0 bridgehead atoms. The summed E-state index contributed by atoms with van der Waals surface area (Å²) in [5, 5.41) is 0. The van der Waals surface area contributed by atoms with Gasteiger partial charge in [0.15, 0.2) is 0 Å². The van der Waals surface area contributed by atoms with E-state index in [0.29, 0.717) is 0 Å². The smallest absolute Gasteiger partial charge is 0.268 e. The molecule has 19 heavy (non-hydrogen) atoms. The lowest BCUT2D eigenvalue weighted by molar-refractivity contribution is -0.113. The number of amides is 1. The Morgan fingerprint density at radius 2 is 1.89 bits per heavy atom. The number of hydrogen-bond acceptors (Lipinski definition) is 1. The van der Waals surface area contributed by atoms with E-state index in [2.05, 4.69) is 42.0 Å². The van der Waals surface area contributed by atoms with Gasteiger partial charge in [0.25, 0.3) is 5.91 Å². The topological polar surface area (TPSA) is 29.4 Å². The third kappa shape index (κ3) is 2.02. The summed E-state index contributed by atoms with van der Waals surface area (Å²) in [5.74, 6) is -0.312. The molecule has 1 aliphatic carbocycles. The molecule has 0 spiro atoms. The summed E-state index contributed by atoms with van der Waals surface area (Å²) in [4.78, 5) is 14.5. The standard InChI is InChI=1S/C17H13NO/c1-18-17(19)10-9-12-6-4-8-15-14-7-3-2-5-13(14)11-16(12)15/h2-10H,1,11H2. The lowest BCUT2D eigenvalue weighted by Crippen LogP contribution is -1.88. The number of carbonyl (C=O) groups is 1. The first-order valence-corrected chi connectivity index (χ1v) is 6.18. The van der Waals surface area contributed by atoms with Crippen LogP contribution in [0.4, 0.5) is 0 Å². The normalized spacial score (nSPS) is 12.2. The summed E-state index contributed by atoms with van der Waals surface area (Å²) >= 11 is 0. The SMILES string of the molecule is C=NC(=O)C=Cc1cccc2c1Cc1ccccc1-2. The molecule has 0 heterocycles. The third-order valence-electron chi connectivity index (χ3n) is 3.45. The molecule has 0 atom stereocenters. The van der Waals surface area contributed by atoms with Crippen molar-refractivity contribution in [3.05, 3.63) is 65.2 Å². The summed E-state index contributed by atoms with van der Waals surface area (Å²) in [6, 6.07) is 14.6. The Balaban J connectivity index is 2.06. The van der Waals surface area contributed by atoms with Crippen molar-refractivity contribution in [2.45, 2.75) is 6.42 Å². The molecule has 92 valence electrons. The van der Waals surface area contributed by atoms with Crippen molar-refractivity contribution in [1.82, 2.24) is 0 Å². The number of aliphatic imine (C=N–C) groups is 1. The Bertz CT molecular complexity index is 698. The first kappa shape index (κ1) is 11.6. The molecule has 0 saturated heterocycles. The fraction of sp³-hybridized carbons (Fsp3) is 0.0588. The second-order valence-electron chi connectivity index (χ2n) is 4.54. The van der Waals surface area contributed by atoms with Gasteiger partial charge >= 0.3 is 0 Å². The molecule has 0 saturated carbocycles. The molecule has 2 aromatic rings. The average Bonchev–Trinajstić information content (AvgIpc) is 2.84. The van der Waals surface area contributed by atoms with Crippen LogP contribution in [-0.2, 0) is 11.2 Å². The van der Waals surface area contributed by atoms with Crippen LogP contribution in [0.1, 0.15) is 16.7 Å². The van der Waals surface area contributed by atoms with Gasteiger partial charge in [0, 0.05) is 6.08 Å². The Morgan fingerprint density at radius 3 is 2.74 bits per heavy atom. The molecule has 3 rings (SSSR count). The van der Waals surface area contributed by atoms with E-state index < -0.39 is 0 Å². The van der Waals surface area contributed by atoms with E-state index in [-0.39, 0.29) is 5.91 Å². The fourth-order valence-electron chi connectivity index (χ4n) is 2.55. The molecule has 0 unspecified atom stereocenters. The Labute approximate surface area is 112 Å². The summed E-state index contributed by atoms with van der Waals surface area (Å²) < 4.78 is 0. The van der Waals surface area contributed by atoms with Crippen LogP contribution in [0.5, 0.6) is 0 Å². The van der Waals surface area contributed by atoms with Crippen molar-refractivity contribution in [3.8, 4) is 11.1 Å². The largest absolute Gasteiger partial charge is 0.269 e. The minimum atomic E-state index is -0.312. The molecule has 0 N–H and O–H groups in total. The van der Waals surface area contributed by atoms with Crippen LogP contribution >= 0.6 is 0 Å². The summed E-state index contributed by atoms with van der Waals surface area (Å²) in [6.45, 7) is 3.23. The minimum absolute atomic E-state index is 0.312. The van der Waals surface area contributed by atoms with Crippen molar-refractivity contribution in [3.63, 3.8) is 0 Å². The zero-order chi connectivity index (χ0) is 13.2. The number of carbonyl (C=O) groups excluding carboxylic acids is 1. The summed E-state index contributed by atoms with van der Waals surface area (Å²) in [5.41, 5.74) is 6.24. The molecule has 0 aromatic heterocycles. The maximum Gasteiger partial charge on any atom is 0.269 e. The van der Waals surface area contributed by atoms with E-state index in [9.17, 15) is 4.79 Å². The Kier molecular flexibility index (Phi) is 2.84. The predicted molar refractivity (Wildman–Crippen MR) is 78.3 cm³/mol. The van der Waals surface area contributed by atoms with E-state index in [0.717, 1.165) is 12.0 Å². The van der Waals surface area contributed by atoms with Crippen LogP contribution in [0, 0.1) is 0 Å². The highest BCUT2D eigenvalue weighted by Gasteiger charge is 2.19. The van der Waals surface area contributed by atoms with E-state index in [1.54, 1.807) is 0 Å². The van der Waals surface area contributed by atoms with Crippen LogP contribution < -0.4 is 0 Å². The van der Waals surface area contributed by atoms with Gasteiger partial charge in [-0.2, -0.15) is 0 Å². The van der Waals surface area contributed by atoms with Crippen molar-refractivity contribution in [1.29, 1.82) is 0 Å². The van der Waals surface area contributed by atoms with E-state index in [1.807, 2.05) is 18.2 Å². The predicted octanol–water partition coefficient (Wildman–Crippen LogP) is 3.50. The van der Waals surface area contributed by atoms with Crippen LogP contribution in [0.2, 0.25) is 0 Å². The number of rotatable bonds is 2. The van der Waals surface area contributed by atoms with Crippen molar-refractivity contribution >= 4 is 18.7 Å². The number of hydrogen-bond donors (Lipinski definition) is 0. The average molecular weight is 247 g/mol. The number of fused-ring (bicyclic) bond motifs is 3. The third-order valence-corrected chi connectivity index (χ3v) is 3.45. The highest BCUT2D eigenvalue weighted by atomic mass is 16.1. The first-order chi connectivity index (χ1) is 9.29. The molecule has 2 aromatic carbocycles. The van der Waals surface area contributed by atoms with Gasteiger partial charge in [0.1, 0.15) is 0 Å². The highest BCUT2D eigenvalue weighted by molar-refractivity contribution is 5.95. The van der Waals surface area contributed by atoms with Crippen LogP contribution in [0.15, 0.2) is 53.5 Å². The lowest BCUT2D eigenvalue weighted by Gasteiger charge is -2.03. The van der Waals surface area contributed by atoms with Crippen LogP contribution in [-0.4, -0.2) is 12.6 Å². The molecular formula is C17H13NO. The van der Waals surface area contributed by atoms with Crippen molar-refractivity contribution in [2.24, 2.45) is 4.99 Å². The van der Waals surface area contributed by atoms with Gasteiger partial charge in [-0.25, -0.2) is 4.99 Å². The Morgan fingerprint density at radius 1 is 1.11 bits per heavy atom. The zero-order valence-electron chi connectivity index (χ0n) is 10.5. The van der Waals surface area contributed by atoms with Gasteiger partial charge in [-0.05, 0) is 47.0 Å². The summed E-state index contributed by atoms with van der Waals surface area (Å²) in [6.07, 6.45) is 4.20. The fourth-order valence-corrected chi connectivity index (χ4v) is 2.55. The van der Waals surface area contributed by atoms with E-state index >= 15 is 0 Å². The molecule has 0 radical (unpaired) electrons. The quantitative estimate of drug-likeness (QED) is 0.503. The Hall–Kier alpha value is -2.48. The molecule has 1 aliphatic rings. The maximum atomic E-state index is 11.2. The maximum absolute atomic E-state index is 11.2. The molecule has 1 amide bonds. The van der Waals surface area contributed by atoms with Crippen LogP contribution in [0.25, 0.3) is 17.2 Å². The lowest BCUT2D eigenvalue weighted by atomic mass is 10.0. The summed E-state index contributed by atoms with van der Waals surface area (Å²) in [7, 11) is 0. The van der Waals surface area contributed by atoms with Gasteiger partial charge in [0.2, 0.25) is 0 Å². The second-order valence-corrected chi connectivity index (χ2v) is 4.54. The monoisotopic (exact) mass is 247 g/mol. The molecular weight excluding hydrogens is 234 g/mol. The van der Waals surface area contributed by atoms with Crippen molar-refractivity contribution in [2.75, 3.05) is 0 Å². The molecule has 2 nitrogen and oxygen atoms in total. The first-order valence-electron chi connectivity index (χ1n) is 6.18. The number of benzene rings is 2.